The third kappa shape index (κ3) is 3.72. The molecule has 0 radical (unpaired) electrons. The van der Waals surface area contributed by atoms with Crippen molar-refractivity contribution in [3.05, 3.63) is 73.9 Å². The Morgan fingerprint density at radius 2 is 2.10 bits per heavy atom. The fourth-order valence-corrected chi connectivity index (χ4v) is 3.90. The lowest BCUT2D eigenvalue weighted by molar-refractivity contribution is 0.341. The number of para-hydroxylation sites is 1. The van der Waals surface area contributed by atoms with E-state index in [1.54, 1.807) is 24.3 Å². The van der Waals surface area contributed by atoms with Gasteiger partial charge in [0, 0.05) is 6.21 Å². The van der Waals surface area contributed by atoms with E-state index in [4.69, 9.17) is 16.3 Å². The van der Waals surface area contributed by atoms with Gasteiger partial charge in [-0.05, 0) is 37.3 Å². The number of rotatable bonds is 5. The number of fused-ring (bicyclic) bond motifs is 1. The van der Waals surface area contributed by atoms with Crippen molar-refractivity contribution in [1.29, 1.82) is 0 Å². The first-order valence-electron chi connectivity index (χ1n) is 8.88. The monoisotopic (exact) mass is 442 g/mol. The Morgan fingerprint density at radius 3 is 2.87 bits per heavy atom. The predicted octanol–water partition coefficient (Wildman–Crippen LogP) is 3.64. The van der Waals surface area contributed by atoms with Crippen molar-refractivity contribution >= 4 is 44.5 Å². The van der Waals surface area contributed by atoms with Gasteiger partial charge in [0.2, 0.25) is 11.0 Å². The summed E-state index contributed by atoms with van der Waals surface area (Å²) in [5.74, 6) is 0.158. The highest BCUT2D eigenvalue weighted by Crippen LogP contribution is 2.31. The Bertz CT molecular complexity index is 1390. The van der Waals surface area contributed by atoms with Crippen LogP contribution in [0.4, 0.5) is 5.13 Å². The minimum atomic E-state index is -0.814. The molecule has 2 heterocycles. The summed E-state index contributed by atoms with van der Waals surface area (Å²) in [4.78, 5) is 35.3. The van der Waals surface area contributed by atoms with Gasteiger partial charge in [0.05, 0.1) is 27.5 Å². The number of thiazole rings is 1. The summed E-state index contributed by atoms with van der Waals surface area (Å²) in [6, 6.07) is 11.9. The number of aliphatic imine (C=N–C) groups is 1. The normalized spacial score (nSPS) is 11.4. The molecule has 10 heteroatoms. The SMILES string of the molecule is CCOc1ccc2nc(N=Cc3c(O)n(-c4ccccc4Cl)c(=O)[nH]c3=O)sc2c1. The van der Waals surface area contributed by atoms with Crippen LogP contribution in [0.25, 0.3) is 15.9 Å². The number of aromatic amines is 1. The molecule has 0 saturated heterocycles. The molecule has 0 bridgehead atoms. The summed E-state index contributed by atoms with van der Waals surface area (Å²) in [6.07, 6.45) is 1.17. The van der Waals surface area contributed by atoms with Crippen molar-refractivity contribution < 1.29 is 9.84 Å². The first-order chi connectivity index (χ1) is 14.5. The summed E-state index contributed by atoms with van der Waals surface area (Å²) >= 11 is 7.43. The van der Waals surface area contributed by atoms with Gasteiger partial charge in [0.1, 0.15) is 11.3 Å². The maximum Gasteiger partial charge on any atom is 0.335 e. The molecule has 0 aliphatic rings. The Morgan fingerprint density at radius 1 is 1.30 bits per heavy atom. The molecular formula is C20H15ClN4O4S. The van der Waals surface area contributed by atoms with Gasteiger partial charge in [-0.2, -0.15) is 0 Å². The number of hydrogen-bond acceptors (Lipinski definition) is 7. The number of aromatic nitrogens is 3. The number of H-pyrrole nitrogens is 1. The molecule has 8 nitrogen and oxygen atoms in total. The number of aromatic hydroxyl groups is 1. The molecule has 30 heavy (non-hydrogen) atoms. The predicted molar refractivity (Wildman–Crippen MR) is 117 cm³/mol. The Balaban J connectivity index is 1.76. The summed E-state index contributed by atoms with van der Waals surface area (Å²) < 4.78 is 7.26. The van der Waals surface area contributed by atoms with Crippen molar-refractivity contribution in [2.24, 2.45) is 4.99 Å². The van der Waals surface area contributed by atoms with Crippen LogP contribution in [0.15, 0.2) is 57.0 Å². The maximum absolute atomic E-state index is 12.3. The molecule has 0 amide bonds. The van der Waals surface area contributed by atoms with Crippen molar-refractivity contribution in [2.75, 3.05) is 6.61 Å². The fourth-order valence-electron chi connectivity index (χ4n) is 2.84. The van der Waals surface area contributed by atoms with Crippen molar-refractivity contribution in [1.82, 2.24) is 14.5 Å². The molecule has 0 fully saturated rings. The maximum atomic E-state index is 12.3. The number of nitrogens with one attached hydrogen (secondary N) is 1. The van der Waals surface area contributed by atoms with E-state index in [-0.39, 0.29) is 16.3 Å². The van der Waals surface area contributed by atoms with Crippen LogP contribution in [0.2, 0.25) is 5.02 Å². The zero-order valence-corrected chi connectivity index (χ0v) is 17.2. The molecule has 0 aliphatic carbocycles. The van der Waals surface area contributed by atoms with E-state index in [0.717, 1.165) is 20.5 Å². The third-order valence-corrected chi connectivity index (χ3v) is 5.42. The highest BCUT2D eigenvalue weighted by Gasteiger charge is 2.16. The standard InChI is InChI=1S/C20H15ClN4O4S/c1-2-29-11-7-8-14-16(9-11)30-19(23-14)22-10-12-17(26)24-20(28)25(18(12)27)15-6-4-3-5-13(15)21/h3-10,27H,2H2,1H3,(H,24,26,28). The van der Waals surface area contributed by atoms with E-state index >= 15 is 0 Å². The quantitative estimate of drug-likeness (QED) is 0.458. The minimum absolute atomic E-state index is 0.191. The smallest absolute Gasteiger partial charge is 0.335 e. The van der Waals surface area contributed by atoms with E-state index in [1.807, 2.05) is 25.1 Å². The summed E-state index contributed by atoms with van der Waals surface area (Å²) in [5, 5.41) is 11.2. The average molecular weight is 443 g/mol. The van der Waals surface area contributed by atoms with Gasteiger partial charge in [0.15, 0.2) is 0 Å². The van der Waals surface area contributed by atoms with E-state index in [2.05, 4.69) is 15.0 Å². The van der Waals surface area contributed by atoms with Crippen LogP contribution in [0.5, 0.6) is 11.6 Å². The molecule has 0 atom stereocenters. The second-order valence-electron chi connectivity index (χ2n) is 6.10. The topological polar surface area (TPSA) is 110 Å². The number of ether oxygens (including phenoxy) is 1. The number of hydrogen-bond donors (Lipinski definition) is 2. The molecular weight excluding hydrogens is 428 g/mol. The van der Waals surface area contributed by atoms with Crippen LogP contribution in [-0.4, -0.2) is 32.5 Å². The Hall–Kier alpha value is -3.43. The lowest BCUT2D eigenvalue weighted by Crippen LogP contribution is -2.31. The molecule has 4 aromatic rings. The third-order valence-electron chi connectivity index (χ3n) is 4.18. The van der Waals surface area contributed by atoms with Crippen LogP contribution in [-0.2, 0) is 0 Å². The number of nitrogens with zero attached hydrogens (tertiary/aromatic N) is 3. The zero-order valence-electron chi connectivity index (χ0n) is 15.6. The molecule has 0 saturated carbocycles. The van der Waals surface area contributed by atoms with E-state index in [1.165, 1.54) is 17.6 Å². The van der Waals surface area contributed by atoms with Gasteiger partial charge >= 0.3 is 5.69 Å². The van der Waals surface area contributed by atoms with Gasteiger partial charge in [-0.3, -0.25) is 9.78 Å². The van der Waals surface area contributed by atoms with Gasteiger partial charge < -0.3 is 9.84 Å². The second kappa shape index (κ2) is 8.13. The van der Waals surface area contributed by atoms with Crippen LogP contribution >= 0.6 is 22.9 Å². The molecule has 2 aromatic heterocycles. The minimum Gasteiger partial charge on any atom is -0.494 e. The highest BCUT2D eigenvalue weighted by atomic mass is 35.5. The first kappa shape index (κ1) is 19.9. The summed E-state index contributed by atoms with van der Waals surface area (Å²) in [5.41, 5.74) is -0.815. The van der Waals surface area contributed by atoms with Crippen molar-refractivity contribution in [3.8, 4) is 17.3 Å². The highest BCUT2D eigenvalue weighted by molar-refractivity contribution is 7.22. The van der Waals surface area contributed by atoms with Crippen LogP contribution in [0, 0.1) is 0 Å². The molecule has 4 rings (SSSR count). The lowest BCUT2D eigenvalue weighted by atomic mass is 10.3. The van der Waals surface area contributed by atoms with Gasteiger partial charge in [-0.25, -0.2) is 19.3 Å². The largest absolute Gasteiger partial charge is 0.494 e. The van der Waals surface area contributed by atoms with Gasteiger partial charge in [-0.1, -0.05) is 35.1 Å². The summed E-state index contributed by atoms with van der Waals surface area (Å²) in [7, 11) is 0. The molecule has 0 aliphatic heterocycles. The first-order valence-corrected chi connectivity index (χ1v) is 10.1. The summed E-state index contributed by atoms with van der Waals surface area (Å²) in [6.45, 7) is 2.46. The molecule has 2 aromatic carbocycles. The van der Waals surface area contributed by atoms with E-state index < -0.39 is 17.1 Å². The molecule has 2 N–H and O–H groups in total. The molecule has 0 spiro atoms. The lowest BCUT2D eigenvalue weighted by Gasteiger charge is -2.10. The van der Waals surface area contributed by atoms with Crippen molar-refractivity contribution in [2.45, 2.75) is 6.92 Å². The molecule has 152 valence electrons. The zero-order chi connectivity index (χ0) is 21.3. The fraction of sp³-hybridized carbons (Fsp3) is 0.100. The van der Waals surface area contributed by atoms with Gasteiger partial charge in [0.25, 0.3) is 5.56 Å². The van der Waals surface area contributed by atoms with Gasteiger partial charge in [-0.15, -0.1) is 0 Å². The number of halogens is 1. The van der Waals surface area contributed by atoms with Crippen molar-refractivity contribution in [3.63, 3.8) is 0 Å². The van der Waals surface area contributed by atoms with Crippen LogP contribution in [0.1, 0.15) is 12.5 Å². The van der Waals surface area contributed by atoms with Crippen LogP contribution in [0.3, 0.4) is 0 Å². The number of benzene rings is 2. The van der Waals surface area contributed by atoms with E-state index in [0.29, 0.717) is 11.7 Å². The molecule has 0 unspecified atom stereocenters. The Kier molecular flexibility index (Phi) is 5.39. The van der Waals surface area contributed by atoms with E-state index in [9.17, 15) is 14.7 Å². The van der Waals surface area contributed by atoms with Crippen LogP contribution < -0.4 is 16.0 Å². The second-order valence-corrected chi connectivity index (χ2v) is 7.52. The average Bonchev–Trinajstić information content (AvgIpc) is 3.11. The Labute approximate surface area is 178 Å².